The van der Waals surface area contributed by atoms with Gasteiger partial charge in [0, 0.05) is 18.9 Å². The topological polar surface area (TPSA) is 53.5 Å². The first-order valence-electron chi connectivity index (χ1n) is 7.61. The molecule has 3 rings (SSSR count). The molecular weight excluding hydrogens is 334 g/mol. The van der Waals surface area contributed by atoms with E-state index in [4.69, 9.17) is 12.2 Å². The third-order valence-corrected chi connectivity index (χ3v) is 4.08. The summed E-state index contributed by atoms with van der Waals surface area (Å²) in [5.41, 5.74) is 1.37. The van der Waals surface area contributed by atoms with Crippen LogP contribution in [0.4, 0.5) is 5.69 Å². The van der Waals surface area contributed by atoms with Gasteiger partial charge in [0.25, 0.3) is 11.8 Å². The number of pyridine rings is 1. The van der Waals surface area contributed by atoms with E-state index >= 15 is 0 Å². The molecule has 0 atom stereocenters. The van der Waals surface area contributed by atoms with Crippen molar-refractivity contribution in [2.45, 2.75) is 0 Å². The molecule has 1 fully saturated rings. The van der Waals surface area contributed by atoms with Crippen LogP contribution in [0.25, 0.3) is 6.08 Å². The van der Waals surface area contributed by atoms with Crippen molar-refractivity contribution in [1.29, 1.82) is 0 Å². The van der Waals surface area contributed by atoms with Crippen LogP contribution in [0.15, 0.2) is 73.1 Å². The second kappa shape index (κ2) is 7.19. The van der Waals surface area contributed by atoms with Gasteiger partial charge in [0.2, 0.25) is 0 Å². The number of hydrogen-bond acceptors (Lipinski definition) is 4. The number of nitrogens with zero attached hydrogens (tertiary/aromatic N) is 3. The summed E-state index contributed by atoms with van der Waals surface area (Å²) in [6, 6.07) is 12.5. The zero-order chi connectivity index (χ0) is 17.8. The maximum absolute atomic E-state index is 13.0. The largest absolute Gasteiger partial charge is 0.280 e. The summed E-state index contributed by atoms with van der Waals surface area (Å²) in [5, 5.41) is 0.146. The molecule has 0 unspecified atom stereocenters. The number of para-hydroxylation sites is 1. The summed E-state index contributed by atoms with van der Waals surface area (Å²) in [6.45, 7) is 3.89. The van der Waals surface area contributed by atoms with Crippen molar-refractivity contribution < 1.29 is 9.59 Å². The van der Waals surface area contributed by atoms with Crippen LogP contribution in [0.5, 0.6) is 0 Å². The van der Waals surface area contributed by atoms with Gasteiger partial charge < -0.3 is 0 Å². The zero-order valence-electron chi connectivity index (χ0n) is 13.3. The molecule has 5 nitrogen and oxygen atoms in total. The Balaban J connectivity index is 2.10. The summed E-state index contributed by atoms with van der Waals surface area (Å²) >= 11 is 5.39. The zero-order valence-corrected chi connectivity index (χ0v) is 14.1. The Kier molecular flexibility index (Phi) is 4.81. The van der Waals surface area contributed by atoms with E-state index in [0.717, 1.165) is 0 Å². The monoisotopic (exact) mass is 349 g/mol. The quantitative estimate of drug-likeness (QED) is 0.369. The van der Waals surface area contributed by atoms with Crippen LogP contribution >= 0.6 is 12.2 Å². The molecule has 2 heterocycles. The Morgan fingerprint density at radius 2 is 1.72 bits per heavy atom. The van der Waals surface area contributed by atoms with Crippen molar-refractivity contribution in [1.82, 2.24) is 9.88 Å². The molecule has 1 aromatic heterocycles. The number of anilines is 1. The average molecular weight is 349 g/mol. The maximum atomic E-state index is 13.0. The molecule has 0 N–H and O–H groups in total. The van der Waals surface area contributed by atoms with Gasteiger partial charge in [-0.15, -0.1) is 6.58 Å². The maximum Gasteiger partial charge on any atom is 0.270 e. The molecule has 2 aromatic rings. The van der Waals surface area contributed by atoms with Gasteiger partial charge in [0.05, 0.1) is 5.69 Å². The lowest BCUT2D eigenvalue weighted by Gasteiger charge is -2.36. The second-order valence-corrected chi connectivity index (χ2v) is 5.67. The van der Waals surface area contributed by atoms with E-state index in [-0.39, 0.29) is 17.2 Å². The Bertz CT molecular complexity index is 863. The van der Waals surface area contributed by atoms with Gasteiger partial charge in [-0.25, -0.2) is 0 Å². The predicted molar refractivity (Wildman–Crippen MR) is 101 cm³/mol. The van der Waals surface area contributed by atoms with Crippen molar-refractivity contribution >= 4 is 40.9 Å². The van der Waals surface area contributed by atoms with Gasteiger partial charge in [0.1, 0.15) is 5.57 Å². The lowest BCUT2D eigenvalue weighted by atomic mass is 10.1. The number of thiocarbonyl (C=S) groups is 1. The minimum Gasteiger partial charge on any atom is -0.280 e. The summed E-state index contributed by atoms with van der Waals surface area (Å²) in [6.07, 6.45) is 6.34. The highest BCUT2D eigenvalue weighted by Gasteiger charge is 2.39. The number of rotatable bonds is 4. The number of carbonyl (C=O) groups excluding carboxylic acids is 2. The first kappa shape index (κ1) is 16.7. The minimum atomic E-state index is -0.446. The van der Waals surface area contributed by atoms with Crippen molar-refractivity contribution in [3.05, 3.63) is 78.6 Å². The van der Waals surface area contributed by atoms with E-state index in [1.54, 1.807) is 48.8 Å². The first-order valence-corrected chi connectivity index (χ1v) is 8.02. The van der Waals surface area contributed by atoms with Crippen molar-refractivity contribution in [3.63, 3.8) is 0 Å². The molecule has 2 amide bonds. The van der Waals surface area contributed by atoms with Crippen LogP contribution in [0.3, 0.4) is 0 Å². The van der Waals surface area contributed by atoms with E-state index in [1.807, 2.05) is 18.2 Å². The third-order valence-electron chi connectivity index (χ3n) is 3.67. The standard InChI is InChI=1S/C19H15N3O2S/c1-2-12-21-17(23)16(13-14-8-10-20-11-9-14)18(24)22(19(21)25)15-6-4-3-5-7-15/h2-11,13H,1,12H2/b16-13+. The van der Waals surface area contributed by atoms with Crippen LogP contribution in [0.2, 0.25) is 0 Å². The van der Waals surface area contributed by atoms with Crippen LogP contribution < -0.4 is 4.90 Å². The third kappa shape index (κ3) is 3.25. The number of hydrogen-bond donors (Lipinski definition) is 0. The van der Waals surface area contributed by atoms with Gasteiger partial charge >= 0.3 is 0 Å². The number of amides is 2. The molecule has 6 heteroatoms. The van der Waals surface area contributed by atoms with Crippen LogP contribution in [0.1, 0.15) is 5.56 Å². The van der Waals surface area contributed by atoms with Crippen LogP contribution in [-0.2, 0) is 9.59 Å². The Hall–Kier alpha value is -3.12. The highest BCUT2D eigenvalue weighted by Crippen LogP contribution is 2.25. The number of aromatic nitrogens is 1. The molecule has 0 radical (unpaired) electrons. The van der Waals surface area contributed by atoms with E-state index in [2.05, 4.69) is 11.6 Å². The van der Waals surface area contributed by atoms with Crippen molar-refractivity contribution in [2.24, 2.45) is 0 Å². The van der Waals surface area contributed by atoms with Crippen LogP contribution in [0, 0.1) is 0 Å². The van der Waals surface area contributed by atoms with Gasteiger partial charge in [-0.3, -0.25) is 24.4 Å². The molecule has 25 heavy (non-hydrogen) atoms. The Morgan fingerprint density at radius 3 is 2.36 bits per heavy atom. The van der Waals surface area contributed by atoms with Crippen molar-refractivity contribution in [3.8, 4) is 0 Å². The molecule has 1 aliphatic heterocycles. The number of benzene rings is 1. The number of carbonyl (C=O) groups is 2. The van der Waals surface area contributed by atoms with Gasteiger partial charge in [-0.05, 0) is 48.1 Å². The van der Waals surface area contributed by atoms with E-state index < -0.39 is 11.8 Å². The molecule has 0 aliphatic carbocycles. The Morgan fingerprint density at radius 1 is 1.04 bits per heavy atom. The van der Waals surface area contributed by atoms with Crippen molar-refractivity contribution in [2.75, 3.05) is 11.4 Å². The van der Waals surface area contributed by atoms with Gasteiger partial charge in [-0.2, -0.15) is 0 Å². The molecule has 0 bridgehead atoms. The highest BCUT2D eigenvalue weighted by atomic mass is 32.1. The molecule has 1 aliphatic rings. The molecule has 0 spiro atoms. The smallest absolute Gasteiger partial charge is 0.270 e. The SMILES string of the molecule is C=CCN1C(=O)/C(=C\c2ccncc2)C(=O)N(c2ccccc2)C1=S. The fraction of sp³-hybridized carbons (Fsp3) is 0.0526. The Labute approximate surface area is 150 Å². The van der Waals surface area contributed by atoms with E-state index in [0.29, 0.717) is 11.3 Å². The molecule has 1 aromatic carbocycles. The van der Waals surface area contributed by atoms with E-state index in [9.17, 15) is 9.59 Å². The lowest BCUT2D eigenvalue weighted by Crippen LogP contribution is -2.56. The fourth-order valence-electron chi connectivity index (χ4n) is 2.50. The first-order chi connectivity index (χ1) is 12.1. The van der Waals surface area contributed by atoms with Gasteiger partial charge in [-0.1, -0.05) is 24.3 Å². The molecule has 0 saturated carbocycles. The fourth-order valence-corrected chi connectivity index (χ4v) is 2.84. The van der Waals surface area contributed by atoms with E-state index in [1.165, 1.54) is 9.80 Å². The van der Waals surface area contributed by atoms with Gasteiger partial charge in [0.15, 0.2) is 5.11 Å². The lowest BCUT2D eigenvalue weighted by molar-refractivity contribution is -0.127. The predicted octanol–water partition coefficient (Wildman–Crippen LogP) is 2.81. The second-order valence-electron chi connectivity index (χ2n) is 5.30. The molecule has 124 valence electrons. The summed E-state index contributed by atoms with van der Waals surface area (Å²) in [5.74, 6) is -0.878. The average Bonchev–Trinajstić information content (AvgIpc) is 2.64. The highest BCUT2D eigenvalue weighted by molar-refractivity contribution is 7.80. The normalized spacial score (nSPS) is 16.5. The van der Waals surface area contributed by atoms with Crippen LogP contribution in [-0.4, -0.2) is 33.4 Å². The molecular formula is C19H15N3O2S. The minimum absolute atomic E-state index is 0.0468. The summed E-state index contributed by atoms with van der Waals surface area (Å²) < 4.78 is 0. The summed E-state index contributed by atoms with van der Waals surface area (Å²) in [4.78, 5) is 32.4. The molecule has 1 saturated heterocycles. The summed E-state index contributed by atoms with van der Waals surface area (Å²) in [7, 11) is 0.